The molecule has 46 heavy (non-hydrogen) atoms. The summed E-state index contributed by atoms with van der Waals surface area (Å²) >= 11 is 0. The normalized spacial score (nSPS) is 14.2. The van der Waals surface area contributed by atoms with Crippen LogP contribution in [0.15, 0.2) is 82.2 Å². The number of hydrogen-bond acceptors (Lipinski definition) is 7. The van der Waals surface area contributed by atoms with Crippen molar-refractivity contribution in [3.8, 4) is 45.1 Å². The molecule has 3 aromatic carbocycles. The molecule has 0 saturated carbocycles. The molecule has 0 unspecified atom stereocenters. The van der Waals surface area contributed by atoms with Crippen molar-refractivity contribution in [2.45, 2.75) is 44.4 Å². The Morgan fingerprint density at radius 3 is 2.26 bits per heavy atom. The number of alkyl halides is 3. The first-order valence-corrected chi connectivity index (χ1v) is 16.8. The van der Waals surface area contributed by atoms with E-state index in [1.807, 2.05) is 48.9 Å². The van der Waals surface area contributed by atoms with Crippen molar-refractivity contribution in [2.24, 2.45) is 0 Å². The average molecular weight is 651 g/mol. The molecule has 1 aliphatic rings. The second-order valence-corrected chi connectivity index (χ2v) is 13.5. The zero-order chi connectivity index (χ0) is 32.6. The van der Waals surface area contributed by atoms with Gasteiger partial charge in [-0.3, -0.25) is 0 Å². The standard InChI is InChI=1S/C34H33F3N4O4S/c1-22-21-41(23(2)38-22)30-14-11-26(25-7-6-8-28(19-25)46(3,42)43)20-29(30)33-32(24-9-12-27(13-10-24)45-34(35,36)37)39-31(44-33)15-18-40-16-4-5-17-40/h6-14,19-21H,4-5,15-18H2,1-3H3. The number of oxazole rings is 1. The van der Waals surface area contributed by atoms with Gasteiger partial charge in [-0.15, -0.1) is 13.2 Å². The van der Waals surface area contributed by atoms with Gasteiger partial charge in [-0.05, 0) is 99.4 Å². The zero-order valence-corrected chi connectivity index (χ0v) is 26.5. The average Bonchev–Trinajstić information content (AvgIpc) is 3.75. The summed E-state index contributed by atoms with van der Waals surface area (Å²) in [6, 6.07) is 18.0. The van der Waals surface area contributed by atoms with Crippen LogP contribution in [-0.4, -0.2) is 60.1 Å². The van der Waals surface area contributed by atoms with Crippen molar-refractivity contribution < 1.29 is 30.7 Å². The third-order valence-electron chi connectivity index (χ3n) is 7.97. The SMILES string of the molecule is Cc1cn(-c2ccc(-c3cccc(S(C)(=O)=O)c3)cc2-c2oc(CCN3CCCC3)nc2-c2ccc(OC(F)(F)F)cc2)c(C)n1. The Kier molecular flexibility index (Phi) is 8.51. The van der Waals surface area contributed by atoms with E-state index >= 15 is 0 Å². The number of halogens is 3. The number of imidazole rings is 1. The molecule has 6 rings (SSSR count). The molecule has 0 amide bonds. The highest BCUT2D eigenvalue weighted by molar-refractivity contribution is 7.90. The van der Waals surface area contributed by atoms with Gasteiger partial charge in [0.2, 0.25) is 0 Å². The summed E-state index contributed by atoms with van der Waals surface area (Å²) in [5.74, 6) is 1.34. The van der Waals surface area contributed by atoms with Crippen LogP contribution in [0, 0.1) is 13.8 Å². The minimum atomic E-state index is -4.81. The van der Waals surface area contributed by atoms with E-state index in [4.69, 9.17) is 9.40 Å². The smallest absolute Gasteiger partial charge is 0.440 e. The van der Waals surface area contributed by atoms with E-state index in [9.17, 15) is 21.6 Å². The lowest BCUT2D eigenvalue weighted by molar-refractivity contribution is -0.274. The maximum absolute atomic E-state index is 12.9. The fraction of sp³-hybridized carbons (Fsp3) is 0.294. The van der Waals surface area contributed by atoms with Gasteiger partial charge in [0.15, 0.2) is 21.5 Å². The van der Waals surface area contributed by atoms with Crippen LogP contribution in [0.25, 0.3) is 39.4 Å². The molecule has 0 aliphatic carbocycles. The van der Waals surface area contributed by atoms with Crippen LogP contribution in [0.2, 0.25) is 0 Å². The number of hydrogen-bond donors (Lipinski definition) is 0. The molecule has 0 spiro atoms. The minimum Gasteiger partial charge on any atom is -0.440 e. The van der Waals surface area contributed by atoms with Crippen LogP contribution in [0.1, 0.15) is 30.3 Å². The van der Waals surface area contributed by atoms with Crippen LogP contribution in [-0.2, 0) is 16.3 Å². The quantitative estimate of drug-likeness (QED) is 0.164. The second-order valence-electron chi connectivity index (χ2n) is 11.5. The molecule has 0 bridgehead atoms. The molecule has 2 aromatic heterocycles. The van der Waals surface area contributed by atoms with Gasteiger partial charge in [-0.25, -0.2) is 18.4 Å². The van der Waals surface area contributed by atoms with Crippen molar-refractivity contribution in [2.75, 3.05) is 25.9 Å². The minimum absolute atomic E-state index is 0.197. The summed E-state index contributed by atoms with van der Waals surface area (Å²) in [5.41, 5.74) is 4.68. The van der Waals surface area contributed by atoms with E-state index in [0.717, 1.165) is 55.2 Å². The van der Waals surface area contributed by atoms with Crippen LogP contribution in [0.4, 0.5) is 13.2 Å². The molecular formula is C34H33F3N4O4S. The van der Waals surface area contributed by atoms with Gasteiger partial charge in [-0.2, -0.15) is 0 Å². The van der Waals surface area contributed by atoms with Crippen LogP contribution in [0.5, 0.6) is 5.75 Å². The lowest BCUT2D eigenvalue weighted by atomic mass is 9.98. The molecule has 1 aliphatic heterocycles. The maximum atomic E-state index is 12.9. The Morgan fingerprint density at radius 1 is 0.913 bits per heavy atom. The summed E-state index contributed by atoms with van der Waals surface area (Å²) in [6.45, 7) is 6.58. The third kappa shape index (κ3) is 7.02. The molecule has 1 fully saturated rings. The third-order valence-corrected chi connectivity index (χ3v) is 9.08. The van der Waals surface area contributed by atoms with E-state index in [-0.39, 0.29) is 10.6 Å². The first kappa shape index (κ1) is 31.6. The highest BCUT2D eigenvalue weighted by Gasteiger charge is 2.31. The van der Waals surface area contributed by atoms with Gasteiger partial charge in [0, 0.05) is 36.5 Å². The maximum Gasteiger partial charge on any atom is 0.573 e. The lowest BCUT2D eigenvalue weighted by Crippen LogP contribution is -2.21. The van der Waals surface area contributed by atoms with Crippen molar-refractivity contribution in [3.63, 3.8) is 0 Å². The number of aromatic nitrogens is 3. The molecule has 0 N–H and O–H groups in total. The predicted octanol–water partition coefficient (Wildman–Crippen LogP) is 7.42. The molecule has 240 valence electrons. The van der Waals surface area contributed by atoms with Crippen molar-refractivity contribution >= 4 is 9.84 Å². The largest absolute Gasteiger partial charge is 0.573 e. The van der Waals surface area contributed by atoms with E-state index < -0.39 is 16.2 Å². The van der Waals surface area contributed by atoms with Crippen molar-refractivity contribution in [3.05, 3.63) is 90.3 Å². The highest BCUT2D eigenvalue weighted by atomic mass is 32.2. The Hall–Kier alpha value is -4.42. The summed E-state index contributed by atoms with van der Waals surface area (Å²) in [4.78, 5) is 12.0. The zero-order valence-electron chi connectivity index (χ0n) is 25.6. The van der Waals surface area contributed by atoms with Gasteiger partial charge in [0.05, 0.1) is 16.3 Å². The van der Waals surface area contributed by atoms with Gasteiger partial charge >= 0.3 is 6.36 Å². The first-order valence-electron chi connectivity index (χ1n) is 14.9. The monoisotopic (exact) mass is 650 g/mol. The van der Waals surface area contributed by atoms with E-state index in [1.54, 1.807) is 18.2 Å². The number of aryl methyl sites for hydroxylation is 2. The molecular weight excluding hydrogens is 617 g/mol. The number of sulfone groups is 1. The van der Waals surface area contributed by atoms with Gasteiger partial charge < -0.3 is 18.6 Å². The van der Waals surface area contributed by atoms with Crippen molar-refractivity contribution in [1.29, 1.82) is 0 Å². The first-order chi connectivity index (χ1) is 21.8. The molecule has 0 atom stereocenters. The fourth-order valence-corrected chi connectivity index (χ4v) is 6.47. The fourth-order valence-electron chi connectivity index (χ4n) is 5.80. The molecule has 1 saturated heterocycles. The Labute approximate surface area is 265 Å². The Balaban J connectivity index is 1.52. The molecule has 0 radical (unpaired) electrons. The number of nitrogens with zero attached hydrogens (tertiary/aromatic N) is 4. The highest BCUT2D eigenvalue weighted by Crippen LogP contribution is 2.40. The van der Waals surface area contributed by atoms with E-state index in [1.165, 1.54) is 30.5 Å². The van der Waals surface area contributed by atoms with Crippen LogP contribution >= 0.6 is 0 Å². The number of ether oxygens (including phenoxy) is 1. The summed E-state index contributed by atoms with van der Waals surface area (Å²) in [7, 11) is -3.44. The molecule has 12 heteroatoms. The van der Waals surface area contributed by atoms with Gasteiger partial charge in [-0.1, -0.05) is 18.2 Å². The topological polar surface area (TPSA) is 90.5 Å². The Morgan fingerprint density at radius 2 is 1.61 bits per heavy atom. The van der Waals surface area contributed by atoms with E-state index in [0.29, 0.717) is 40.5 Å². The number of rotatable bonds is 9. The summed E-state index contributed by atoms with van der Waals surface area (Å²) in [5, 5.41) is 0. The van der Waals surface area contributed by atoms with E-state index in [2.05, 4.69) is 14.6 Å². The number of likely N-dealkylation sites (tertiary alicyclic amines) is 1. The number of benzene rings is 3. The predicted molar refractivity (Wildman–Crippen MR) is 169 cm³/mol. The van der Waals surface area contributed by atoms with Crippen LogP contribution in [0.3, 0.4) is 0 Å². The van der Waals surface area contributed by atoms with Gasteiger partial charge in [0.25, 0.3) is 0 Å². The van der Waals surface area contributed by atoms with Crippen LogP contribution < -0.4 is 4.74 Å². The molecule has 8 nitrogen and oxygen atoms in total. The Bertz CT molecular complexity index is 1980. The molecule has 3 heterocycles. The lowest BCUT2D eigenvalue weighted by Gasteiger charge is -2.14. The second kappa shape index (κ2) is 12.4. The van der Waals surface area contributed by atoms with Gasteiger partial charge in [0.1, 0.15) is 17.3 Å². The molecule has 5 aromatic rings. The van der Waals surface area contributed by atoms with Crippen molar-refractivity contribution in [1.82, 2.24) is 19.4 Å². The summed E-state index contributed by atoms with van der Waals surface area (Å²) in [6.07, 6.45) is 1.11. The summed E-state index contributed by atoms with van der Waals surface area (Å²) < 4.78 is 75.9.